The van der Waals surface area contributed by atoms with Crippen LogP contribution >= 0.6 is 11.6 Å². The Hall–Kier alpha value is -2.31. The minimum Gasteiger partial charge on any atom is -0.313 e. The van der Waals surface area contributed by atoms with Crippen molar-refractivity contribution in [3.05, 3.63) is 71.2 Å². The largest absolute Gasteiger partial charge is 0.313 e. The highest BCUT2D eigenvalue weighted by molar-refractivity contribution is 6.31. The third-order valence-electron chi connectivity index (χ3n) is 3.66. The van der Waals surface area contributed by atoms with E-state index >= 15 is 0 Å². The third kappa shape index (κ3) is 3.96. The van der Waals surface area contributed by atoms with Crippen LogP contribution in [0, 0.1) is 5.82 Å². The van der Waals surface area contributed by atoms with Crippen LogP contribution in [-0.2, 0) is 13.0 Å². The first-order valence-corrected chi connectivity index (χ1v) is 8.06. The molecule has 124 valence electrons. The lowest BCUT2D eigenvalue weighted by Gasteiger charge is -2.10. The first kappa shape index (κ1) is 16.5. The fourth-order valence-corrected chi connectivity index (χ4v) is 2.73. The molecule has 0 bridgehead atoms. The molecule has 0 aliphatic heterocycles. The van der Waals surface area contributed by atoms with E-state index < -0.39 is 0 Å². The second kappa shape index (κ2) is 7.99. The molecule has 0 radical (unpaired) electrons. The molecule has 3 aromatic rings. The lowest BCUT2D eigenvalue weighted by Crippen LogP contribution is -2.17. The summed E-state index contributed by atoms with van der Waals surface area (Å²) in [6, 6.07) is 8.65. The van der Waals surface area contributed by atoms with Crippen LogP contribution in [0.25, 0.3) is 5.82 Å². The van der Waals surface area contributed by atoms with Crippen LogP contribution < -0.4 is 5.32 Å². The van der Waals surface area contributed by atoms with Crippen LogP contribution in [0.1, 0.15) is 17.5 Å². The van der Waals surface area contributed by atoms with Crippen LogP contribution in [0.3, 0.4) is 0 Å². The molecule has 5 nitrogen and oxygen atoms in total. The number of pyridine rings is 1. The summed E-state index contributed by atoms with van der Waals surface area (Å²) in [5.41, 5.74) is 1.59. The molecule has 0 aliphatic carbocycles. The van der Waals surface area contributed by atoms with Crippen LogP contribution in [0.4, 0.5) is 4.39 Å². The average molecular weight is 346 g/mol. The number of rotatable bonds is 7. The zero-order valence-corrected chi connectivity index (χ0v) is 13.7. The van der Waals surface area contributed by atoms with Crippen molar-refractivity contribution >= 4 is 11.6 Å². The molecule has 3 rings (SSSR count). The van der Waals surface area contributed by atoms with Gasteiger partial charge in [-0.3, -0.25) is 0 Å². The van der Waals surface area contributed by atoms with Gasteiger partial charge in [0.15, 0.2) is 5.82 Å². The molecule has 0 unspecified atom stereocenters. The summed E-state index contributed by atoms with van der Waals surface area (Å²) < 4.78 is 15.3. The summed E-state index contributed by atoms with van der Waals surface area (Å²) in [6.45, 7) is 1.39. The highest BCUT2D eigenvalue weighted by Crippen LogP contribution is 2.20. The average Bonchev–Trinajstić information content (AvgIpc) is 3.12. The molecule has 2 aromatic heterocycles. The predicted octanol–water partition coefficient (Wildman–Crippen LogP) is 3.18. The predicted molar refractivity (Wildman–Crippen MR) is 90.6 cm³/mol. The molecule has 24 heavy (non-hydrogen) atoms. The minimum atomic E-state index is -0.247. The molecular formula is C17H17ClFN5. The molecule has 1 N–H and O–H groups in total. The Morgan fingerprint density at radius 3 is 2.92 bits per heavy atom. The fourth-order valence-electron chi connectivity index (χ4n) is 2.48. The SMILES string of the molecule is Fc1cccc(Cl)c1CCCNCc1cccnc1-n1cncn1. The van der Waals surface area contributed by atoms with Gasteiger partial charge in [-0.2, -0.15) is 5.10 Å². The third-order valence-corrected chi connectivity index (χ3v) is 4.01. The van der Waals surface area contributed by atoms with E-state index in [1.165, 1.54) is 12.4 Å². The first-order valence-electron chi connectivity index (χ1n) is 7.68. The second-order valence-corrected chi connectivity index (χ2v) is 5.71. The molecule has 0 saturated carbocycles. The number of halogens is 2. The van der Waals surface area contributed by atoms with Crippen molar-refractivity contribution in [2.45, 2.75) is 19.4 Å². The molecule has 0 amide bonds. The van der Waals surface area contributed by atoms with Crippen molar-refractivity contribution in [2.24, 2.45) is 0 Å². The van der Waals surface area contributed by atoms with Gasteiger partial charge in [0, 0.05) is 28.9 Å². The second-order valence-electron chi connectivity index (χ2n) is 5.31. The van der Waals surface area contributed by atoms with E-state index in [1.807, 2.05) is 12.1 Å². The summed E-state index contributed by atoms with van der Waals surface area (Å²) in [5.74, 6) is 0.503. The van der Waals surface area contributed by atoms with Crippen LogP contribution in [0.15, 0.2) is 49.2 Å². The minimum absolute atomic E-state index is 0.247. The van der Waals surface area contributed by atoms with Crippen molar-refractivity contribution < 1.29 is 4.39 Å². The van der Waals surface area contributed by atoms with Gasteiger partial charge in [0.1, 0.15) is 18.5 Å². The number of nitrogens with one attached hydrogen (secondary N) is 1. The summed E-state index contributed by atoms with van der Waals surface area (Å²) >= 11 is 6.03. The van der Waals surface area contributed by atoms with Crippen LogP contribution in [-0.4, -0.2) is 26.3 Å². The van der Waals surface area contributed by atoms with Crippen molar-refractivity contribution in [2.75, 3.05) is 6.54 Å². The molecule has 0 aliphatic rings. The topological polar surface area (TPSA) is 55.6 Å². The van der Waals surface area contributed by atoms with Gasteiger partial charge in [0.05, 0.1) is 0 Å². The van der Waals surface area contributed by atoms with Gasteiger partial charge in [0.2, 0.25) is 0 Å². The highest BCUT2D eigenvalue weighted by atomic mass is 35.5. The van der Waals surface area contributed by atoms with E-state index in [-0.39, 0.29) is 5.82 Å². The maximum absolute atomic E-state index is 13.7. The Morgan fingerprint density at radius 1 is 1.21 bits per heavy atom. The quantitative estimate of drug-likeness (QED) is 0.668. The molecule has 0 spiro atoms. The van der Waals surface area contributed by atoms with E-state index in [0.717, 1.165) is 24.3 Å². The fraction of sp³-hybridized carbons (Fsp3) is 0.235. The molecule has 2 heterocycles. The number of benzene rings is 1. The van der Waals surface area contributed by atoms with E-state index in [0.29, 0.717) is 23.6 Å². The first-order chi connectivity index (χ1) is 11.8. The maximum Gasteiger partial charge on any atom is 0.159 e. The normalized spacial score (nSPS) is 10.9. The number of nitrogens with zero attached hydrogens (tertiary/aromatic N) is 4. The zero-order valence-electron chi connectivity index (χ0n) is 13.0. The zero-order chi connectivity index (χ0) is 16.8. The lowest BCUT2D eigenvalue weighted by molar-refractivity contribution is 0.592. The summed E-state index contributed by atoms with van der Waals surface area (Å²) in [6.07, 6.45) is 6.21. The number of hydrogen-bond acceptors (Lipinski definition) is 4. The van der Waals surface area contributed by atoms with Gasteiger partial charge in [-0.05, 0) is 37.6 Å². The smallest absolute Gasteiger partial charge is 0.159 e. The van der Waals surface area contributed by atoms with Crippen molar-refractivity contribution in [1.82, 2.24) is 25.1 Å². The van der Waals surface area contributed by atoms with E-state index in [4.69, 9.17) is 11.6 Å². The molecule has 7 heteroatoms. The van der Waals surface area contributed by atoms with Gasteiger partial charge in [-0.15, -0.1) is 0 Å². The highest BCUT2D eigenvalue weighted by Gasteiger charge is 2.08. The van der Waals surface area contributed by atoms with Gasteiger partial charge < -0.3 is 5.32 Å². The molecule has 0 saturated heterocycles. The summed E-state index contributed by atoms with van der Waals surface area (Å²) in [4.78, 5) is 8.29. The van der Waals surface area contributed by atoms with Gasteiger partial charge >= 0.3 is 0 Å². The molecule has 0 fully saturated rings. The molecule has 0 atom stereocenters. The monoisotopic (exact) mass is 345 g/mol. The van der Waals surface area contributed by atoms with Crippen molar-refractivity contribution in [3.8, 4) is 5.82 Å². The van der Waals surface area contributed by atoms with Crippen molar-refractivity contribution in [3.63, 3.8) is 0 Å². The van der Waals surface area contributed by atoms with Crippen LogP contribution in [0.2, 0.25) is 5.02 Å². The summed E-state index contributed by atoms with van der Waals surface area (Å²) in [7, 11) is 0. The molecule has 1 aromatic carbocycles. The Kier molecular flexibility index (Phi) is 5.51. The van der Waals surface area contributed by atoms with E-state index in [2.05, 4.69) is 20.4 Å². The number of aromatic nitrogens is 4. The summed E-state index contributed by atoms with van der Waals surface area (Å²) in [5, 5.41) is 7.94. The Labute approximate surface area is 144 Å². The van der Waals surface area contributed by atoms with E-state index in [1.54, 1.807) is 29.3 Å². The van der Waals surface area contributed by atoms with Gasteiger partial charge in [-0.25, -0.2) is 19.0 Å². The Bertz CT molecular complexity index is 771. The standard InChI is InChI=1S/C17H17ClFN5/c18-15-6-1-7-16(19)14(15)5-3-8-20-10-13-4-2-9-22-17(13)24-12-21-11-23-24/h1-2,4,6-7,9,11-12,20H,3,5,8,10H2. The lowest BCUT2D eigenvalue weighted by atomic mass is 10.1. The van der Waals surface area contributed by atoms with Gasteiger partial charge in [0.25, 0.3) is 0 Å². The Morgan fingerprint density at radius 2 is 2.12 bits per heavy atom. The maximum atomic E-state index is 13.7. The number of hydrogen-bond donors (Lipinski definition) is 1. The van der Waals surface area contributed by atoms with Crippen molar-refractivity contribution in [1.29, 1.82) is 0 Å². The molecular weight excluding hydrogens is 329 g/mol. The van der Waals surface area contributed by atoms with Crippen LogP contribution in [0.5, 0.6) is 0 Å². The Balaban J connectivity index is 1.53. The van der Waals surface area contributed by atoms with E-state index in [9.17, 15) is 4.39 Å². The van der Waals surface area contributed by atoms with Gasteiger partial charge in [-0.1, -0.05) is 23.7 Å².